The number of carbonyl (C=O) groups is 1. The molecule has 0 bridgehead atoms. The fraction of sp³-hybridized carbons (Fsp3) is 0.588. The van der Waals surface area contributed by atoms with Gasteiger partial charge < -0.3 is 19.9 Å². The van der Waals surface area contributed by atoms with E-state index >= 15 is 0 Å². The average Bonchev–Trinajstić information content (AvgIpc) is 2.59. The number of nitrogens with zero attached hydrogens (tertiary/aromatic N) is 2. The Hall–Kier alpha value is -1.91. The Kier molecular flexibility index (Phi) is 5.92. The Labute approximate surface area is 133 Å². The average molecular weight is 305 g/mol. The molecule has 1 aromatic carbocycles. The van der Waals surface area contributed by atoms with E-state index in [2.05, 4.69) is 36.2 Å². The molecular weight excluding hydrogens is 278 g/mol. The summed E-state index contributed by atoms with van der Waals surface area (Å²) < 4.78 is 5.18. The third kappa shape index (κ3) is 4.06. The minimum Gasteiger partial charge on any atom is -0.497 e. The number of nitrogens with one attached hydrogen (secondary N) is 1. The summed E-state index contributed by atoms with van der Waals surface area (Å²) in [4.78, 5) is 16.5. The lowest BCUT2D eigenvalue weighted by Crippen LogP contribution is -2.53. The van der Waals surface area contributed by atoms with E-state index in [1.165, 1.54) is 5.69 Å². The number of benzene rings is 1. The second-order valence-electron chi connectivity index (χ2n) is 5.64. The predicted molar refractivity (Wildman–Crippen MR) is 89.7 cm³/mol. The van der Waals surface area contributed by atoms with Crippen molar-refractivity contribution < 1.29 is 9.53 Å². The molecule has 0 aromatic heterocycles. The van der Waals surface area contributed by atoms with Crippen molar-refractivity contribution in [2.45, 2.75) is 32.7 Å². The first-order chi connectivity index (χ1) is 10.7. The highest BCUT2D eigenvalue weighted by Crippen LogP contribution is 2.20. The molecule has 0 radical (unpaired) electrons. The normalized spacial score (nSPS) is 15.1. The van der Waals surface area contributed by atoms with Crippen molar-refractivity contribution in [3.05, 3.63) is 24.3 Å². The molecule has 1 aromatic rings. The fourth-order valence-electron chi connectivity index (χ4n) is 2.72. The number of rotatable bonds is 5. The third-order valence-electron chi connectivity index (χ3n) is 4.32. The lowest BCUT2D eigenvalue weighted by atomic mass is 10.2. The zero-order valence-corrected chi connectivity index (χ0v) is 13.8. The van der Waals surface area contributed by atoms with Crippen LogP contribution in [0.3, 0.4) is 0 Å². The van der Waals surface area contributed by atoms with Crippen LogP contribution >= 0.6 is 0 Å². The molecule has 5 nitrogen and oxygen atoms in total. The van der Waals surface area contributed by atoms with Crippen LogP contribution in [0.4, 0.5) is 10.5 Å². The first kappa shape index (κ1) is 16.5. The van der Waals surface area contributed by atoms with E-state index in [1.807, 2.05) is 17.0 Å². The van der Waals surface area contributed by atoms with Crippen LogP contribution in [0.1, 0.15) is 26.7 Å². The van der Waals surface area contributed by atoms with Gasteiger partial charge in [-0.05, 0) is 37.1 Å². The van der Waals surface area contributed by atoms with Gasteiger partial charge in [0.05, 0.1) is 7.11 Å². The van der Waals surface area contributed by atoms with Gasteiger partial charge in [-0.1, -0.05) is 13.8 Å². The second kappa shape index (κ2) is 7.92. The highest BCUT2D eigenvalue weighted by atomic mass is 16.5. The number of urea groups is 1. The second-order valence-corrected chi connectivity index (χ2v) is 5.64. The maximum atomic E-state index is 12.2. The molecule has 0 atom stereocenters. The van der Waals surface area contributed by atoms with Gasteiger partial charge in [0.2, 0.25) is 0 Å². The molecule has 5 heteroatoms. The van der Waals surface area contributed by atoms with Gasteiger partial charge in [0.1, 0.15) is 5.75 Å². The van der Waals surface area contributed by atoms with Crippen molar-refractivity contribution >= 4 is 11.7 Å². The number of piperazine rings is 1. The molecule has 0 saturated carbocycles. The highest BCUT2D eigenvalue weighted by molar-refractivity contribution is 5.75. The van der Waals surface area contributed by atoms with Crippen molar-refractivity contribution in [2.24, 2.45) is 0 Å². The van der Waals surface area contributed by atoms with Crippen LogP contribution in [0, 0.1) is 0 Å². The minimum absolute atomic E-state index is 0.0723. The van der Waals surface area contributed by atoms with Crippen LogP contribution in [-0.4, -0.2) is 50.3 Å². The van der Waals surface area contributed by atoms with E-state index in [1.54, 1.807) is 7.11 Å². The van der Waals surface area contributed by atoms with Gasteiger partial charge in [0.25, 0.3) is 0 Å². The van der Waals surface area contributed by atoms with E-state index in [4.69, 9.17) is 4.74 Å². The Bertz CT molecular complexity index is 463. The maximum absolute atomic E-state index is 12.2. The van der Waals surface area contributed by atoms with Gasteiger partial charge in [-0.3, -0.25) is 0 Å². The summed E-state index contributed by atoms with van der Waals surface area (Å²) in [6.07, 6.45) is 1.96. The summed E-state index contributed by atoms with van der Waals surface area (Å²) >= 11 is 0. The molecule has 1 aliphatic heterocycles. The summed E-state index contributed by atoms with van der Waals surface area (Å²) in [7, 11) is 1.67. The molecule has 0 spiro atoms. The number of hydrogen-bond acceptors (Lipinski definition) is 3. The molecule has 1 N–H and O–H groups in total. The van der Waals surface area contributed by atoms with Crippen molar-refractivity contribution in [1.29, 1.82) is 0 Å². The Morgan fingerprint density at radius 1 is 1.14 bits per heavy atom. The van der Waals surface area contributed by atoms with Crippen LogP contribution in [-0.2, 0) is 0 Å². The summed E-state index contributed by atoms with van der Waals surface area (Å²) in [6, 6.07) is 8.44. The number of carbonyl (C=O) groups excluding carboxylic acids is 1. The largest absolute Gasteiger partial charge is 0.497 e. The molecule has 1 fully saturated rings. The lowest BCUT2D eigenvalue weighted by molar-refractivity contribution is 0.189. The quantitative estimate of drug-likeness (QED) is 0.910. The first-order valence-corrected chi connectivity index (χ1v) is 8.12. The van der Waals surface area contributed by atoms with E-state index in [0.717, 1.165) is 44.8 Å². The predicted octanol–water partition coefficient (Wildman–Crippen LogP) is 2.72. The molecule has 1 heterocycles. The van der Waals surface area contributed by atoms with Crippen molar-refractivity contribution in [2.75, 3.05) is 38.2 Å². The Morgan fingerprint density at radius 3 is 2.23 bits per heavy atom. The molecule has 1 aliphatic rings. The smallest absolute Gasteiger partial charge is 0.317 e. The van der Waals surface area contributed by atoms with Crippen LogP contribution in [0.5, 0.6) is 5.75 Å². The van der Waals surface area contributed by atoms with Crippen LogP contribution in [0.15, 0.2) is 24.3 Å². The number of hydrogen-bond donors (Lipinski definition) is 1. The van der Waals surface area contributed by atoms with Crippen LogP contribution < -0.4 is 15.0 Å². The molecule has 2 amide bonds. The van der Waals surface area contributed by atoms with E-state index in [9.17, 15) is 4.79 Å². The molecule has 2 rings (SSSR count). The lowest BCUT2D eigenvalue weighted by Gasteiger charge is -2.36. The molecule has 22 heavy (non-hydrogen) atoms. The van der Waals surface area contributed by atoms with Crippen molar-refractivity contribution in [3.8, 4) is 5.75 Å². The zero-order valence-electron chi connectivity index (χ0n) is 13.8. The summed E-state index contributed by atoms with van der Waals surface area (Å²) in [5.74, 6) is 0.868. The Balaban J connectivity index is 1.85. The van der Waals surface area contributed by atoms with Gasteiger partial charge >= 0.3 is 6.03 Å². The van der Waals surface area contributed by atoms with Crippen molar-refractivity contribution in [1.82, 2.24) is 10.2 Å². The summed E-state index contributed by atoms with van der Waals surface area (Å²) in [6.45, 7) is 7.47. The fourth-order valence-corrected chi connectivity index (χ4v) is 2.72. The highest BCUT2D eigenvalue weighted by Gasteiger charge is 2.22. The van der Waals surface area contributed by atoms with E-state index < -0.39 is 0 Å². The van der Waals surface area contributed by atoms with Gasteiger partial charge in [0.15, 0.2) is 0 Å². The van der Waals surface area contributed by atoms with E-state index in [0.29, 0.717) is 0 Å². The Morgan fingerprint density at radius 2 is 1.73 bits per heavy atom. The van der Waals surface area contributed by atoms with Crippen molar-refractivity contribution in [3.63, 3.8) is 0 Å². The molecule has 1 saturated heterocycles. The van der Waals surface area contributed by atoms with E-state index in [-0.39, 0.29) is 12.1 Å². The van der Waals surface area contributed by atoms with Gasteiger partial charge in [-0.15, -0.1) is 0 Å². The molecule has 122 valence electrons. The summed E-state index contributed by atoms with van der Waals surface area (Å²) in [5.41, 5.74) is 1.18. The minimum atomic E-state index is 0.0723. The maximum Gasteiger partial charge on any atom is 0.317 e. The van der Waals surface area contributed by atoms with Gasteiger partial charge in [-0.2, -0.15) is 0 Å². The first-order valence-electron chi connectivity index (χ1n) is 8.12. The van der Waals surface area contributed by atoms with Gasteiger partial charge in [0, 0.05) is 37.9 Å². The zero-order chi connectivity index (χ0) is 15.9. The van der Waals surface area contributed by atoms with Crippen LogP contribution in [0.25, 0.3) is 0 Å². The number of amides is 2. The number of anilines is 1. The standard InChI is InChI=1S/C17H27N3O2/c1-4-14(5-2)18-17(21)20-12-10-19(11-13-20)15-6-8-16(22-3)9-7-15/h6-9,14H,4-5,10-13H2,1-3H3,(H,18,21). The number of ether oxygens (including phenoxy) is 1. The van der Waals surface area contributed by atoms with Gasteiger partial charge in [-0.25, -0.2) is 4.79 Å². The topological polar surface area (TPSA) is 44.8 Å². The molecule has 0 unspecified atom stereocenters. The third-order valence-corrected chi connectivity index (χ3v) is 4.32. The molecule has 0 aliphatic carbocycles. The molecular formula is C17H27N3O2. The summed E-state index contributed by atoms with van der Waals surface area (Å²) in [5, 5.41) is 3.11. The SMILES string of the molecule is CCC(CC)NC(=O)N1CCN(c2ccc(OC)cc2)CC1. The monoisotopic (exact) mass is 305 g/mol. The number of methoxy groups -OCH3 is 1. The van der Waals surface area contributed by atoms with Crippen LogP contribution in [0.2, 0.25) is 0 Å².